The molecule has 3 atom stereocenters. The summed E-state index contributed by atoms with van der Waals surface area (Å²) < 4.78 is 29.6. The first-order valence-electron chi connectivity index (χ1n) is 14.2. The van der Waals surface area contributed by atoms with Gasteiger partial charge in [0.15, 0.2) is 0 Å². The van der Waals surface area contributed by atoms with Crippen LogP contribution in [0.4, 0.5) is 0 Å². The molecule has 1 aromatic heterocycles. The summed E-state index contributed by atoms with van der Waals surface area (Å²) in [7, 11) is -4.16. The van der Waals surface area contributed by atoms with Crippen LogP contribution in [-0.4, -0.2) is 102 Å². The predicted octanol–water partition coefficient (Wildman–Crippen LogP) is 3.60. The zero-order valence-electron chi connectivity index (χ0n) is 23.1. The minimum absolute atomic E-state index is 0.0610. The Hall–Kier alpha value is -2.05. The van der Waals surface area contributed by atoms with Crippen molar-refractivity contribution in [2.45, 2.75) is 74.7 Å². The van der Waals surface area contributed by atoms with Crippen molar-refractivity contribution in [3.8, 4) is 0 Å². The van der Waals surface area contributed by atoms with E-state index in [4.69, 9.17) is 11.6 Å². The minimum Gasteiger partial charge on any atom is -0.337 e. The number of rotatable bonds is 10. The van der Waals surface area contributed by atoms with Gasteiger partial charge < -0.3 is 14.7 Å². The van der Waals surface area contributed by atoms with Crippen LogP contribution in [0.2, 0.25) is 5.02 Å². The van der Waals surface area contributed by atoms with Gasteiger partial charge in [-0.2, -0.15) is 4.31 Å². The van der Waals surface area contributed by atoms with Crippen molar-refractivity contribution in [1.29, 1.82) is 0 Å². The summed E-state index contributed by atoms with van der Waals surface area (Å²) >= 11 is 7.17. The van der Waals surface area contributed by atoms with Gasteiger partial charge in [-0.3, -0.25) is 14.4 Å². The number of benzene rings is 1. The fraction of sp³-hybridized carbons (Fsp3) is 0.607. The SMILES string of the molecule is CCC(=O)CN([C@H]1CCN([C@@H](C)C(=O)N2CCC[C@H]2CN2CCCC2)C1=O)S(=O)(=O)c1cc2ccc(Cl)cc2s1. The number of carbonyl (C=O) groups excluding carboxylic acids is 3. The van der Waals surface area contributed by atoms with Crippen molar-refractivity contribution < 1.29 is 22.8 Å². The highest BCUT2D eigenvalue weighted by Crippen LogP contribution is 2.35. The molecule has 0 bridgehead atoms. The summed E-state index contributed by atoms with van der Waals surface area (Å²) in [6.45, 7) is 6.95. The van der Waals surface area contributed by atoms with E-state index in [1.807, 2.05) is 4.90 Å². The molecule has 5 rings (SSSR count). The first-order chi connectivity index (χ1) is 19.1. The van der Waals surface area contributed by atoms with Crippen molar-refractivity contribution in [3.63, 3.8) is 0 Å². The van der Waals surface area contributed by atoms with Crippen LogP contribution in [0.3, 0.4) is 0 Å². The second kappa shape index (κ2) is 12.1. The maximum atomic E-state index is 13.9. The number of halogens is 1. The van der Waals surface area contributed by atoms with Crippen molar-refractivity contribution in [2.75, 3.05) is 39.3 Å². The molecule has 12 heteroatoms. The minimum atomic E-state index is -4.16. The molecule has 3 saturated heterocycles. The number of fused-ring (bicyclic) bond motifs is 1. The number of thiophene rings is 1. The lowest BCUT2D eigenvalue weighted by Gasteiger charge is -2.33. The van der Waals surface area contributed by atoms with E-state index in [0.717, 1.165) is 53.5 Å². The van der Waals surface area contributed by atoms with E-state index < -0.39 is 28.0 Å². The number of nitrogens with zero attached hydrogens (tertiary/aromatic N) is 4. The molecule has 2 aromatic rings. The number of carbonyl (C=O) groups is 3. The Morgan fingerprint density at radius 2 is 1.85 bits per heavy atom. The molecular formula is C28H37ClN4O5S2. The fourth-order valence-electron chi connectivity index (χ4n) is 6.16. The molecule has 3 aliphatic rings. The Morgan fingerprint density at radius 3 is 2.58 bits per heavy atom. The van der Waals surface area contributed by atoms with Crippen LogP contribution in [0.25, 0.3) is 10.1 Å². The third-order valence-electron chi connectivity index (χ3n) is 8.46. The Balaban J connectivity index is 1.35. The average Bonchev–Trinajstić information content (AvgIpc) is 3.74. The molecule has 9 nitrogen and oxygen atoms in total. The molecule has 0 aliphatic carbocycles. The zero-order valence-corrected chi connectivity index (χ0v) is 25.4. The summed E-state index contributed by atoms with van der Waals surface area (Å²) in [5.74, 6) is -0.783. The first-order valence-corrected chi connectivity index (χ1v) is 16.8. The molecule has 0 saturated carbocycles. The van der Waals surface area contributed by atoms with Gasteiger partial charge in [-0.1, -0.05) is 24.6 Å². The van der Waals surface area contributed by atoms with Crippen LogP contribution in [0.15, 0.2) is 28.5 Å². The monoisotopic (exact) mass is 608 g/mol. The quantitative estimate of drug-likeness (QED) is 0.409. The van der Waals surface area contributed by atoms with Crippen LogP contribution < -0.4 is 0 Å². The molecule has 0 N–H and O–H groups in total. The van der Waals surface area contributed by atoms with Crippen molar-refractivity contribution in [2.24, 2.45) is 0 Å². The fourth-order valence-corrected chi connectivity index (χ4v) is 9.56. The molecule has 1 aromatic carbocycles. The zero-order chi connectivity index (χ0) is 28.6. The highest BCUT2D eigenvalue weighted by Gasteiger charge is 2.46. The molecule has 0 unspecified atom stereocenters. The summed E-state index contributed by atoms with van der Waals surface area (Å²) in [6, 6.07) is 5.11. The van der Waals surface area contributed by atoms with Gasteiger partial charge >= 0.3 is 0 Å². The first kappa shape index (κ1) is 29.4. The molecular weight excluding hydrogens is 572 g/mol. The lowest BCUT2D eigenvalue weighted by atomic mass is 10.2. The smallest absolute Gasteiger partial charge is 0.253 e. The molecule has 0 spiro atoms. The van der Waals surface area contributed by atoms with E-state index in [-0.39, 0.29) is 47.9 Å². The topological polar surface area (TPSA) is 98.3 Å². The molecule has 3 aliphatic heterocycles. The van der Waals surface area contributed by atoms with Gasteiger partial charge in [0.25, 0.3) is 10.0 Å². The molecule has 4 heterocycles. The average molecular weight is 609 g/mol. The van der Waals surface area contributed by atoms with E-state index in [0.29, 0.717) is 16.3 Å². The van der Waals surface area contributed by atoms with Crippen molar-refractivity contribution >= 4 is 60.6 Å². The van der Waals surface area contributed by atoms with Gasteiger partial charge in [-0.25, -0.2) is 8.42 Å². The second-order valence-corrected chi connectivity index (χ2v) is 14.7. The third kappa shape index (κ3) is 5.81. The van der Waals surface area contributed by atoms with E-state index >= 15 is 0 Å². The normalized spacial score (nSPS) is 23.1. The molecule has 2 amide bonds. The summed E-state index contributed by atoms with van der Waals surface area (Å²) in [4.78, 5) is 45.8. The highest BCUT2D eigenvalue weighted by atomic mass is 35.5. The van der Waals surface area contributed by atoms with Crippen molar-refractivity contribution in [1.82, 2.24) is 19.0 Å². The van der Waals surface area contributed by atoms with Gasteiger partial charge in [-0.05, 0) is 75.7 Å². The number of ketones is 1. The van der Waals surface area contributed by atoms with Crippen LogP contribution >= 0.6 is 22.9 Å². The van der Waals surface area contributed by atoms with Crippen molar-refractivity contribution in [3.05, 3.63) is 29.3 Å². The Kier molecular flexibility index (Phi) is 8.87. The number of hydrogen-bond donors (Lipinski definition) is 0. The van der Waals surface area contributed by atoms with Gasteiger partial charge in [0.1, 0.15) is 22.1 Å². The van der Waals surface area contributed by atoms with E-state index in [9.17, 15) is 22.8 Å². The Morgan fingerprint density at radius 1 is 1.10 bits per heavy atom. The maximum Gasteiger partial charge on any atom is 0.253 e. The Labute approximate surface area is 245 Å². The van der Waals surface area contributed by atoms with Gasteiger partial charge in [0.2, 0.25) is 11.8 Å². The number of Topliss-reactive ketones (excluding diaryl/α,β-unsaturated/α-hetero) is 1. The van der Waals surface area contributed by atoms with Gasteiger partial charge in [0.05, 0.1) is 6.54 Å². The number of amides is 2. The van der Waals surface area contributed by atoms with Crippen LogP contribution in [0.5, 0.6) is 0 Å². The molecule has 40 heavy (non-hydrogen) atoms. The lowest BCUT2D eigenvalue weighted by molar-refractivity contribution is -0.144. The second-order valence-electron chi connectivity index (χ2n) is 11.0. The summed E-state index contributed by atoms with van der Waals surface area (Å²) in [5, 5.41) is 1.22. The van der Waals surface area contributed by atoms with Crippen LogP contribution in [0, 0.1) is 0 Å². The molecule has 218 valence electrons. The van der Waals surface area contributed by atoms with Gasteiger partial charge in [0, 0.05) is 41.8 Å². The molecule has 0 radical (unpaired) electrons. The lowest BCUT2D eigenvalue weighted by Crippen LogP contribution is -2.53. The summed E-state index contributed by atoms with van der Waals surface area (Å²) in [6.07, 6.45) is 4.66. The summed E-state index contributed by atoms with van der Waals surface area (Å²) in [5.41, 5.74) is 0. The van der Waals surface area contributed by atoms with E-state index in [1.54, 1.807) is 38.1 Å². The molecule has 3 fully saturated rings. The van der Waals surface area contributed by atoms with E-state index in [1.165, 1.54) is 17.7 Å². The third-order valence-corrected chi connectivity index (χ3v) is 12.1. The number of likely N-dealkylation sites (tertiary alicyclic amines) is 3. The number of hydrogen-bond acceptors (Lipinski definition) is 7. The predicted molar refractivity (Wildman–Crippen MR) is 156 cm³/mol. The standard InChI is InChI=1S/C28H37ClN4O5S2/c1-3-23(34)18-33(40(37,38)26-15-20-8-9-21(29)16-25(20)39-26)24-10-14-31(28(24)36)19(2)27(35)32-13-6-7-22(32)17-30-11-4-5-12-30/h8-9,15-16,19,22,24H,3-7,10-14,17-18H2,1-2H3/t19-,22-,24-/m0/s1. The van der Waals surface area contributed by atoms with Crippen LogP contribution in [-0.2, 0) is 24.4 Å². The Bertz CT molecular complexity index is 1390. The number of sulfonamides is 1. The van der Waals surface area contributed by atoms with Gasteiger partial charge in [-0.15, -0.1) is 11.3 Å². The van der Waals surface area contributed by atoms with Crippen LogP contribution in [0.1, 0.15) is 52.4 Å². The largest absolute Gasteiger partial charge is 0.337 e. The maximum absolute atomic E-state index is 13.9. The van der Waals surface area contributed by atoms with E-state index in [2.05, 4.69) is 4.90 Å². The highest BCUT2D eigenvalue weighted by molar-refractivity contribution is 7.91.